The lowest BCUT2D eigenvalue weighted by Gasteiger charge is -2.36. The predicted octanol–water partition coefficient (Wildman–Crippen LogP) is 3.86. The number of fused-ring (bicyclic) bond motifs is 1. The molecule has 0 spiro atoms. The number of nitrogens with one attached hydrogen (secondary N) is 1. The molecule has 2 aliphatic rings. The minimum atomic E-state index is -0.292. The number of hydrogen-bond acceptors (Lipinski definition) is 4. The number of hydrogen-bond donors (Lipinski definition) is 1. The molecule has 0 atom stereocenters. The standard InChI is InChI=1S/C25H31FN4O/c1-25(2,3)16-30-11-7-19(8-12-30)29-24(31)23-21-14-20(18-5-4-9-27-15-18)22(26)13-17(21)6-10-28-23/h4-5,9,13-15,19H,6-8,10-12,16H2,1-3H3,(H,29,31). The molecule has 0 unspecified atom stereocenters. The van der Waals surface area contributed by atoms with E-state index in [1.54, 1.807) is 30.6 Å². The number of likely N-dealkylation sites (tertiary alicyclic amines) is 1. The average molecular weight is 423 g/mol. The van der Waals surface area contributed by atoms with Crippen molar-refractivity contribution in [1.29, 1.82) is 0 Å². The molecule has 1 saturated heterocycles. The summed E-state index contributed by atoms with van der Waals surface area (Å²) in [5.74, 6) is -0.446. The molecule has 164 valence electrons. The maximum Gasteiger partial charge on any atom is 0.270 e. The lowest BCUT2D eigenvalue weighted by molar-refractivity contribution is -0.115. The monoisotopic (exact) mass is 422 g/mol. The third-order valence-electron chi connectivity index (χ3n) is 5.91. The quantitative estimate of drug-likeness (QED) is 0.814. The molecule has 6 heteroatoms. The first-order valence-corrected chi connectivity index (χ1v) is 11.1. The lowest BCUT2D eigenvalue weighted by Crippen LogP contribution is -2.48. The average Bonchev–Trinajstić information content (AvgIpc) is 2.73. The number of nitrogens with zero attached hydrogens (tertiary/aromatic N) is 3. The van der Waals surface area contributed by atoms with E-state index in [1.165, 1.54) is 0 Å². The van der Waals surface area contributed by atoms with Crippen LogP contribution in [-0.4, -0.2) is 53.7 Å². The van der Waals surface area contributed by atoms with Gasteiger partial charge < -0.3 is 10.2 Å². The number of carbonyl (C=O) groups excluding carboxylic acids is 1. The van der Waals surface area contributed by atoms with E-state index >= 15 is 0 Å². The van der Waals surface area contributed by atoms with Crippen LogP contribution in [0.4, 0.5) is 4.39 Å². The van der Waals surface area contributed by atoms with Gasteiger partial charge in [-0.25, -0.2) is 4.39 Å². The largest absolute Gasteiger partial charge is 0.348 e. The van der Waals surface area contributed by atoms with Gasteiger partial charge in [0.05, 0.1) is 0 Å². The summed E-state index contributed by atoms with van der Waals surface area (Å²) in [5, 5.41) is 3.18. The van der Waals surface area contributed by atoms with Crippen molar-refractivity contribution in [1.82, 2.24) is 15.2 Å². The zero-order valence-electron chi connectivity index (χ0n) is 18.6. The van der Waals surface area contributed by atoms with Crippen molar-refractivity contribution in [3.8, 4) is 11.1 Å². The van der Waals surface area contributed by atoms with Crippen molar-refractivity contribution in [2.75, 3.05) is 26.2 Å². The smallest absolute Gasteiger partial charge is 0.270 e. The molecular weight excluding hydrogens is 391 g/mol. The highest BCUT2D eigenvalue weighted by molar-refractivity contribution is 6.46. The summed E-state index contributed by atoms with van der Waals surface area (Å²) in [5.41, 5.74) is 3.41. The minimum Gasteiger partial charge on any atom is -0.348 e. The number of pyridine rings is 1. The van der Waals surface area contributed by atoms with Gasteiger partial charge in [0.2, 0.25) is 0 Å². The van der Waals surface area contributed by atoms with E-state index in [0.717, 1.165) is 43.6 Å². The molecule has 1 fully saturated rings. The van der Waals surface area contributed by atoms with Gasteiger partial charge in [0.15, 0.2) is 0 Å². The van der Waals surface area contributed by atoms with E-state index in [0.29, 0.717) is 29.8 Å². The first kappa shape index (κ1) is 21.6. The Morgan fingerprint density at radius 2 is 2.00 bits per heavy atom. The Morgan fingerprint density at radius 3 is 2.68 bits per heavy atom. The normalized spacial score (nSPS) is 17.7. The predicted molar refractivity (Wildman–Crippen MR) is 122 cm³/mol. The van der Waals surface area contributed by atoms with Gasteiger partial charge in [-0.1, -0.05) is 26.8 Å². The number of aromatic nitrogens is 1. The number of benzene rings is 1. The van der Waals surface area contributed by atoms with E-state index in [-0.39, 0.29) is 23.2 Å². The number of rotatable bonds is 4. The van der Waals surface area contributed by atoms with Crippen molar-refractivity contribution in [3.05, 3.63) is 53.6 Å². The van der Waals surface area contributed by atoms with Gasteiger partial charge in [-0.2, -0.15) is 0 Å². The summed E-state index contributed by atoms with van der Waals surface area (Å²) in [7, 11) is 0. The summed E-state index contributed by atoms with van der Waals surface area (Å²) in [6, 6.07) is 7.05. The number of amides is 1. The number of halogens is 1. The molecule has 4 rings (SSSR count). The maximum atomic E-state index is 14.7. The fraction of sp³-hybridized carbons (Fsp3) is 0.480. The van der Waals surface area contributed by atoms with Gasteiger partial charge >= 0.3 is 0 Å². The van der Waals surface area contributed by atoms with Crippen LogP contribution in [0, 0.1) is 11.2 Å². The van der Waals surface area contributed by atoms with Crippen LogP contribution in [-0.2, 0) is 11.2 Å². The number of aliphatic imine (C=N–C) groups is 1. The summed E-state index contributed by atoms with van der Waals surface area (Å²) < 4.78 is 14.7. The molecule has 1 amide bonds. The van der Waals surface area contributed by atoms with E-state index in [9.17, 15) is 9.18 Å². The van der Waals surface area contributed by atoms with Gasteiger partial charge in [-0.15, -0.1) is 0 Å². The summed E-state index contributed by atoms with van der Waals surface area (Å²) in [6.45, 7) is 10.3. The Kier molecular flexibility index (Phi) is 6.19. The molecule has 5 nitrogen and oxygen atoms in total. The Hall–Kier alpha value is -2.60. The van der Waals surface area contributed by atoms with Gasteiger partial charge in [0.25, 0.3) is 5.91 Å². The van der Waals surface area contributed by atoms with Crippen molar-refractivity contribution in [2.24, 2.45) is 10.4 Å². The van der Waals surface area contributed by atoms with Crippen LogP contribution in [0.15, 0.2) is 41.7 Å². The Morgan fingerprint density at radius 1 is 1.23 bits per heavy atom. The van der Waals surface area contributed by atoms with Crippen LogP contribution in [0.5, 0.6) is 0 Å². The van der Waals surface area contributed by atoms with E-state index < -0.39 is 0 Å². The first-order valence-electron chi connectivity index (χ1n) is 11.1. The highest BCUT2D eigenvalue weighted by Gasteiger charge is 2.27. The molecule has 3 heterocycles. The molecule has 0 aliphatic carbocycles. The van der Waals surface area contributed by atoms with Crippen LogP contribution < -0.4 is 5.32 Å². The third kappa shape index (κ3) is 5.18. The first-order chi connectivity index (χ1) is 14.8. The zero-order valence-corrected chi connectivity index (χ0v) is 18.6. The van der Waals surface area contributed by atoms with Crippen molar-refractivity contribution in [3.63, 3.8) is 0 Å². The highest BCUT2D eigenvalue weighted by Crippen LogP contribution is 2.28. The Bertz CT molecular complexity index is 973. The van der Waals surface area contributed by atoms with E-state index in [2.05, 4.69) is 41.0 Å². The van der Waals surface area contributed by atoms with Crippen LogP contribution in [0.1, 0.15) is 44.7 Å². The second-order valence-corrected chi connectivity index (χ2v) is 9.80. The second kappa shape index (κ2) is 8.87. The molecule has 0 radical (unpaired) electrons. The minimum absolute atomic E-state index is 0.148. The molecule has 2 aromatic rings. The van der Waals surface area contributed by atoms with Gasteiger partial charge in [-0.3, -0.25) is 14.8 Å². The van der Waals surface area contributed by atoms with Crippen molar-refractivity contribution < 1.29 is 9.18 Å². The molecule has 0 saturated carbocycles. The lowest BCUT2D eigenvalue weighted by atomic mass is 9.92. The SMILES string of the molecule is CC(C)(C)CN1CCC(NC(=O)C2=NCCc3cc(F)c(-c4cccnc4)cc32)CC1. The van der Waals surface area contributed by atoms with Crippen LogP contribution in [0.3, 0.4) is 0 Å². The van der Waals surface area contributed by atoms with Crippen LogP contribution in [0.2, 0.25) is 0 Å². The van der Waals surface area contributed by atoms with Crippen LogP contribution in [0.25, 0.3) is 11.1 Å². The highest BCUT2D eigenvalue weighted by atomic mass is 19.1. The topological polar surface area (TPSA) is 57.6 Å². The van der Waals surface area contributed by atoms with Crippen molar-refractivity contribution in [2.45, 2.75) is 46.1 Å². The van der Waals surface area contributed by atoms with Crippen molar-refractivity contribution >= 4 is 11.6 Å². The number of piperidine rings is 1. The molecule has 1 aromatic carbocycles. The Labute approximate surface area is 183 Å². The Balaban J connectivity index is 1.48. The summed E-state index contributed by atoms with van der Waals surface area (Å²) in [6.07, 6.45) is 5.81. The molecule has 31 heavy (non-hydrogen) atoms. The summed E-state index contributed by atoms with van der Waals surface area (Å²) >= 11 is 0. The fourth-order valence-corrected chi connectivity index (χ4v) is 4.51. The molecule has 2 aliphatic heterocycles. The van der Waals surface area contributed by atoms with Gasteiger partial charge in [0, 0.05) is 61.3 Å². The summed E-state index contributed by atoms with van der Waals surface area (Å²) in [4.78, 5) is 24.2. The van der Waals surface area contributed by atoms with Crippen LogP contribution >= 0.6 is 0 Å². The molecule has 0 bridgehead atoms. The maximum absolute atomic E-state index is 14.7. The molecule has 1 N–H and O–H groups in total. The molecular formula is C25H31FN4O. The number of carbonyl (C=O) groups is 1. The van der Waals surface area contributed by atoms with E-state index in [4.69, 9.17) is 0 Å². The second-order valence-electron chi connectivity index (χ2n) is 9.80. The van der Waals surface area contributed by atoms with E-state index in [1.807, 2.05) is 6.07 Å². The third-order valence-corrected chi connectivity index (χ3v) is 5.91. The fourth-order valence-electron chi connectivity index (χ4n) is 4.51. The molecule has 1 aromatic heterocycles. The van der Waals surface area contributed by atoms with Gasteiger partial charge in [0.1, 0.15) is 11.5 Å². The van der Waals surface area contributed by atoms with Gasteiger partial charge in [-0.05, 0) is 48.4 Å². The zero-order chi connectivity index (χ0) is 22.0.